The molecule has 0 spiro atoms. The Kier molecular flexibility index (Phi) is 9.11. The largest absolute Gasteiger partial charge is 0.506 e. The van der Waals surface area contributed by atoms with Crippen molar-refractivity contribution in [1.82, 2.24) is 0 Å². The van der Waals surface area contributed by atoms with Crippen LogP contribution in [0.1, 0.15) is 95.4 Å². The van der Waals surface area contributed by atoms with E-state index in [1.165, 1.54) is 48.9 Å². The van der Waals surface area contributed by atoms with Crippen molar-refractivity contribution in [3.05, 3.63) is 129 Å². The van der Waals surface area contributed by atoms with E-state index < -0.39 is 5.41 Å². The Balaban J connectivity index is 1.38. The predicted molar refractivity (Wildman–Crippen MR) is 195 cm³/mol. The van der Waals surface area contributed by atoms with Gasteiger partial charge in [0.2, 0.25) is 11.5 Å². The average Bonchev–Trinajstić information content (AvgIpc) is 3.38. The highest BCUT2D eigenvalue weighted by Gasteiger charge is 2.47. The normalized spacial score (nSPS) is 19.6. The lowest BCUT2D eigenvalue weighted by Gasteiger charge is -2.29. The number of carbonyl (C=O) groups is 1. The molecular formula is C42H48ClN2O2+. The zero-order valence-corrected chi connectivity index (χ0v) is 29.5. The quantitative estimate of drug-likeness (QED) is 0.128. The number of fused-ring (bicyclic) bond motifs is 2. The van der Waals surface area contributed by atoms with Crippen LogP contribution < -0.4 is 4.90 Å². The van der Waals surface area contributed by atoms with Crippen molar-refractivity contribution in [3.8, 4) is 0 Å². The van der Waals surface area contributed by atoms with Crippen LogP contribution in [0.15, 0.2) is 101 Å². The van der Waals surface area contributed by atoms with Crippen LogP contribution in [0.25, 0.3) is 0 Å². The molecule has 244 valence electrons. The number of carbonyl (C=O) groups excluding carboxylic acids is 1. The Morgan fingerprint density at radius 2 is 1.57 bits per heavy atom. The summed E-state index contributed by atoms with van der Waals surface area (Å²) in [7, 11) is 0. The number of unbranched alkanes of at least 4 members (excludes halogenated alkanes) is 5. The van der Waals surface area contributed by atoms with Gasteiger partial charge >= 0.3 is 0 Å². The van der Waals surface area contributed by atoms with E-state index in [9.17, 15) is 9.90 Å². The van der Waals surface area contributed by atoms with E-state index in [0.717, 1.165) is 41.2 Å². The molecule has 0 amide bonds. The minimum Gasteiger partial charge on any atom is -0.506 e. The fourth-order valence-electron chi connectivity index (χ4n) is 7.57. The van der Waals surface area contributed by atoms with E-state index >= 15 is 0 Å². The van der Waals surface area contributed by atoms with Gasteiger partial charge in [0.25, 0.3) is 0 Å². The number of hydrogen-bond acceptors (Lipinski definition) is 3. The first-order valence-corrected chi connectivity index (χ1v) is 17.6. The van der Waals surface area contributed by atoms with Crippen molar-refractivity contribution in [2.75, 3.05) is 11.4 Å². The van der Waals surface area contributed by atoms with Crippen molar-refractivity contribution >= 4 is 34.5 Å². The number of ketones is 1. The summed E-state index contributed by atoms with van der Waals surface area (Å²) in [6.07, 6.45) is 11.2. The Hall–Kier alpha value is -3.89. The summed E-state index contributed by atoms with van der Waals surface area (Å²) in [6, 6.07) is 23.0. The van der Waals surface area contributed by atoms with E-state index in [2.05, 4.69) is 87.4 Å². The van der Waals surface area contributed by atoms with Gasteiger partial charge in [0.1, 0.15) is 5.76 Å². The van der Waals surface area contributed by atoms with Crippen LogP contribution in [0, 0.1) is 6.92 Å². The second-order valence-electron chi connectivity index (χ2n) is 14.5. The summed E-state index contributed by atoms with van der Waals surface area (Å²) in [4.78, 5) is 16.3. The summed E-state index contributed by atoms with van der Waals surface area (Å²) in [5.41, 5.74) is 9.12. The highest BCUT2D eigenvalue weighted by Crippen LogP contribution is 2.50. The van der Waals surface area contributed by atoms with Crippen molar-refractivity contribution in [2.45, 2.75) is 97.4 Å². The smallest absolute Gasteiger partial charge is 0.210 e. The second kappa shape index (κ2) is 13.0. The molecule has 3 aromatic rings. The van der Waals surface area contributed by atoms with Gasteiger partial charge in [-0.05, 0) is 57.0 Å². The van der Waals surface area contributed by atoms with Crippen LogP contribution in [-0.2, 0) is 22.2 Å². The molecule has 1 aliphatic carbocycles. The molecule has 0 atom stereocenters. The first-order valence-electron chi connectivity index (χ1n) is 17.2. The van der Waals surface area contributed by atoms with Crippen molar-refractivity contribution in [3.63, 3.8) is 0 Å². The van der Waals surface area contributed by atoms with Crippen LogP contribution in [-0.4, -0.2) is 27.7 Å². The van der Waals surface area contributed by atoms with Crippen molar-refractivity contribution < 1.29 is 14.5 Å². The van der Waals surface area contributed by atoms with Crippen LogP contribution in [0.5, 0.6) is 0 Å². The maximum absolute atomic E-state index is 14.0. The first kappa shape index (κ1) is 33.0. The summed E-state index contributed by atoms with van der Waals surface area (Å²) >= 11 is 6.48. The lowest BCUT2D eigenvalue weighted by Crippen LogP contribution is -2.32. The summed E-state index contributed by atoms with van der Waals surface area (Å²) in [5.74, 6) is -0.0451. The van der Waals surface area contributed by atoms with Crippen molar-refractivity contribution in [1.29, 1.82) is 0 Å². The fourth-order valence-corrected chi connectivity index (χ4v) is 7.74. The number of nitrogens with zero attached hydrogens (tertiary/aromatic N) is 2. The highest BCUT2D eigenvalue weighted by molar-refractivity contribution is 6.31. The standard InChI is InChI=1S/C42H47ClN2O2/c1-7-8-9-10-11-15-22-44-35-20-18-28(2)23-33(35)41(3,4)37(44)25-31-39(46)32(40(31)47)26-38-42(5,6)34-24-30(43)19-21-36(34)45(38)27-29-16-13-12-14-17-29/h12-14,16-21,23-26H,7-11,15,22,27H2,1-6H3/p+1. The zero-order chi connectivity index (χ0) is 33.5. The molecular weight excluding hydrogens is 600 g/mol. The summed E-state index contributed by atoms with van der Waals surface area (Å²) < 4.78 is 2.26. The molecule has 0 unspecified atom stereocenters. The SMILES string of the molecule is CCCCCCCCN1C(=CC2=C(O)C(=CC3=[N+](Cc4ccccc4)c4ccc(Cl)cc4C3(C)C)C2=O)C(C)(C)c2cc(C)ccc21. The van der Waals surface area contributed by atoms with Gasteiger partial charge in [0.05, 0.1) is 16.6 Å². The molecule has 0 saturated carbocycles. The maximum atomic E-state index is 14.0. The number of rotatable bonds is 11. The number of aliphatic hydroxyl groups is 1. The lowest BCUT2D eigenvalue weighted by atomic mass is 9.77. The molecule has 0 aromatic heterocycles. The van der Waals surface area contributed by atoms with Crippen LogP contribution in [0.3, 0.4) is 0 Å². The third-order valence-corrected chi connectivity index (χ3v) is 10.6. The summed E-state index contributed by atoms with van der Waals surface area (Å²) in [5, 5.41) is 12.2. The third kappa shape index (κ3) is 6.02. The van der Waals surface area contributed by atoms with Gasteiger partial charge < -0.3 is 10.0 Å². The van der Waals surface area contributed by atoms with Crippen LogP contribution in [0.4, 0.5) is 11.4 Å². The Labute approximate surface area is 285 Å². The Morgan fingerprint density at radius 3 is 2.30 bits per heavy atom. The van der Waals surface area contributed by atoms with Gasteiger partial charge in [0.15, 0.2) is 12.3 Å². The fraction of sp³-hybridized carbons (Fsp3) is 0.381. The number of benzene rings is 3. The van der Waals surface area contributed by atoms with Gasteiger partial charge in [-0.3, -0.25) is 4.79 Å². The first-order chi connectivity index (χ1) is 22.4. The lowest BCUT2D eigenvalue weighted by molar-refractivity contribution is -0.455. The van der Waals surface area contributed by atoms with Gasteiger partial charge in [-0.1, -0.05) is 113 Å². The monoisotopic (exact) mass is 647 g/mol. The molecule has 0 fully saturated rings. The number of anilines is 1. The Morgan fingerprint density at radius 1 is 0.851 bits per heavy atom. The molecule has 2 aliphatic heterocycles. The van der Waals surface area contributed by atoms with E-state index in [1.54, 1.807) is 0 Å². The van der Waals surface area contributed by atoms with Gasteiger partial charge in [-0.25, -0.2) is 0 Å². The summed E-state index contributed by atoms with van der Waals surface area (Å²) in [6.45, 7) is 14.7. The molecule has 1 N–H and O–H groups in total. The molecule has 6 rings (SSSR count). The Bertz CT molecular complexity index is 1840. The maximum Gasteiger partial charge on any atom is 0.210 e. The highest BCUT2D eigenvalue weighted by atomic mass is 35.5. The minimum atomic E-state index is -0.419. The third-order valence-electron chi connectivity index (χ3n) is 10.4. The molecule has 3 aromatic carbocycles. The van der Waals surface area contributed by atoms with E-state index in [-0.39, 0.29) is 17.0 Å². The van der Waals surface area contributed by atoms with Crippen LogP contribution in [0.2, 0.25) is 5.02 Å². The molecule has 0 bridgehead atoms. The number of allylic oxidation sites excluding steroid dienone is 5. The van der Waals surface area contributed by atoms with Gasteiger partial charge in [-0.15, -0.1) is 0 Å². The molecule has 0 saturated heterocycles. The van der Waals surface area contributed by atoms with E-state index in [4.69, 9.17) is 11.6 Å². The molecule has 3 aliphatic rings. The van der Waals surface area contributed by atoms with E-state index in [0.29, 0.717) is 22.7 Å². The minimum absolute atomic E-state index is 0.0712. The number of aliphatic hydroxyl groups excluding tert-OH is 1. The number of halogens is 1. The van der Waals surface area contributed by atoms with E-state index in [1.807, 2.05) is 42.5 Å². The average molecular weight is 648 g/mol. The van der Waals surface area contributed by atoms with Gasteiger partial charge in [-0.2, -0.15) is 4.58 Å². The topological polar surface area (TPSA) is 43.5 Å². The zero-order valence-electron chi connectivity index (χ0n) is 28.8. The number of hydrogen-bond donors (Lipinski definition) is 1. The predicted octanol–water partition coefficient (Wildman–Crippen LogP) is 10.6. The second-order valence-corrected chi connectivity index (χ2v) is 14.9. The molecule has 47 heavy (non-hydrogen) atoms. The number of Topliss-reactive ketones (excluding diaryl/α,β-unsaturated/α-hetero) is 1. The number of aryl methyl sites for hydroxylation is 1. The molecule has 2 heterocycles. The molecule has 5 heteroatoms. The molecule has 4 nitrogen and oxygen atoms in total. The van der Waals surface area contributed by atoms with Gasteiger partial charge in [0, 0.05) is 51.6 Å². The molecule has 0 radical (unpaired) electrons. The van der Waals surface area contributed by atoms with Crippen molar-refractivity contribution in [2.24, 2.45) is 0 Å². The van der Waals surface area contributed by atoms with Crippen LogP contribution >= 0.6 is 11.6 Å².